The van der Waals surface area contributed by atoms with E-state index in [2.05, 4.69) is 4.90 Å². The number of aromatic nitrogens is 1. The maximum Gasteiger partial charge on any atom is 0.260 e. The van der Waals surface area contributed by atoms with Crippen molar-refractivity contribution in [1.29, 1.82) is 0 Å². The summed E-state index contributed by atoms with van der Waals surface area (Å²) in [5.74, 6) is 0.321. The Balaban J connectivity index is 1.42. The van der Waals surface area contributed by atoms with Gasteiger partial charge in [-0.2, -0.15) is 4.31 Å². The van der Waals surface area contributed by atoms with Crippen molar-refractivity contribution in [3.63, 3.8) is 0 Å². The molecule has 40 heavy (non-hydrogen) atoms. The van der Waals surface area contributed by atoms with Gasteiger partial charge in [-0.1, -0.05) is 47.2 Å². The zero-order valence-electron chi connectivity index (χ0n) is 22.6. The van der Waals surface area contributed by atoms with Gasteiger partial charge in [0.15, 0.2) is 5.13 Å². The van der Waals surface area contributed by atoms with E-state index in [4.69, 9.17) is 21.3 Å². The van der Waals surface area contributed by atoms with Gasteiger partial charge in [0, 0.05) is 25.2 Å². The van der Waals surface area contributed by atoms with Crippen LogP contribution < -0.4 is 9.64 Å². The van der Waals surface area contributed by atoms with Gasteiger partial charge in [0.25, 0.3) is 5.91 Å². The van der Waals surface area contributed by atoms with Crippen LogP contribution in [0, 0.1) is 0 Å². The Morgan fingerprint density at radius 2 is 1.77 bits per heavy atom. The highest BCUT2D eigenvalue weighted by Gasteiger charge is 2.29. The molecule has 0 bridgehead atoms. The summed E-state index contributed by atoms with van der Waals surface area (Å²) >= 11 is 7.77. The number of methoxy groups -OCH3 is 1. The molecule has 3 aromatic carbocycles. The summed E-state index contributed by atoms with van der Waals surface area (Å²) in [6.07, 6.45) is 1.40. The second kappa shape index (κ2) is 11.8. The van der Waals surface area contributed by atoms with Crippen molar-refractivity contribution in [1.82, 2.24) is 14.2 Å². The quantitative estimate of drug-likeness (QED) is 0.260. The van der Waals surface area contributed by atoms with E-state index in [1.807, 2.05) is 38.4 Å². The molecule has 0 saturated carbocycles. The summed E-state index contributed by atoms with van der Waals surface area (Å²) in [7, 11) is 1.82. The van der Waals surface area contributed by atoms with Crippen LogP contribution in [0.15, 0.2) is 65.6 Å². The highest BCUT2D eigenvalue weighted by Crippen LogP contribution is 2.39. The fourth-order valence-electron chi connectivity index (χ4n) is 4.80. The summed E-state index contributed by atoms with van der Waals surface area (Å²) in [5, 5.41) is 1.05. The Morgan fingerprint density at radius 1 is 1.05 bits per heavy atom. The fourth-order valence-corrected chi connectivity index (χ4v) is 7.50. The number of carbonyl (C=O) groups is 1. The largest absolute Gasteiger partial charge is 0.494 e. The second-order valence-corrected chi connectivity index (χ2v) is 13.2. The first-order valence-electron chi connectivity index (χ1n) is 13.0. The molecule has 0 atom stereocenters. The first-order valence-corrected chi connectivity index (χ1v) is 15.6. The third-order valence-electron chi connectivity index (χ3n) is 6.96. The predicted molar refractivity (Wildman–Crippen MR) is 160 cm³/mol. The van der Waals surface area contributed by atoms with Crippen molar-refractivity contribution < 1.29 is 17.9 Å². The molecule has 0 aliphatic carbocycles. The van der Waals surface area contributed by atoms with Gasteiger partial charge in [0.05, 0.1) is 21.7 Å². The Kier molecular flexibility index (Phi) is 8.44. The standard InChI is InChI=1S/C29H31ClN4O4S2/c1-32(2)16-6-17-34(29-31-26-25(38-3)14-13-24(30)27(26)39-29)28(35)21-9-11-23(12-10-21)40(36,37)33-18-15-20-7-4-5-8-22(20)19-33/h4-5,7-14H,6,15-19H2,1-3H3. The summed E-state index contributed by atoms with van der Waals surface area (Å²) in [5.41, 5.74) is 3.18. The molecule has 1 amide bonds. The Bertz CT molecular complexity index is 1640. The molecule has 1 aromatic heterocycles. The monoisotopic (exact) mass is 598 g/mol. The van der Waals surface area contributed by atoms with Gasteiger partial charge in [-0.05, 0) is 81.0 Å². The van der Waals surface area contributed by atoms with E-state index in [0.717, 1.165) is 23.2 Å². The number of nitrogens with zero attached hydrogens (tertiary/aromatic N) is 4. The number of sulfonamides is 1. The zero-order valence-corrected chi connectivity index (χ0v) is 25.0. The molecule has 1 aliphatic rings. The molecular weight excluding hydrogens is 568 g/mol. The number of hydrogen-bond acceptors (Lipinski definition) is 7. The third-order valence-corrected chi connectivity index (χ3v) is 10.4. The van der Waals surface area contributed by atoms with Crippen LogP contribution in [0.2, 0.25) is 5.02 Å². The van der Waals surface area contributed by atoms with Crippen LogP contribution in [0.25, 0.3) is 10.2 Å². The van der Waals surface area contributed by atoms with Crippen molar-refractivity contribution in [2.75, 3.05) is 45.7 Å². The summed E-state index contributed by atoms with van der Waals surface area (Å²) in [6, 6.07) is 17.6. The zero-order chi connectivity index (χ0) is 28.4. The number of ether oxygens (including phenoxy) is 1. The summed E-state index contributed by atoms with van der Waals surface area (Å²) in [4.78, 5) is 22.4. The minimum atomic E-state index is -3.71. The molecular formula is C29H31ClN4O4S2. The first-order chi connectivity index (χ1) is 19.2. The van der Waals surface area contributed by atoms with Crippen LogP contribution in [0.4, 0.5) is 5.13 Å². The van der Waals surface area contributed by atoms with Crippen LogP contribution >= 0.6 is 22.9 Å². The van der Waals surface area contributed by atoms with Crippen molar-refractivity contribution in [2.45, 2.75) is 24.3 Å². The number of anilines is 1. The van der Waals surface area contributed by atoms with Crippen LogP contribution in [0.3, 0.4) is 0 Å². The average Bonchev–Trinajstić information content (AvgIpc) is 3.41. The lowest BCUT2D eigenvalue weighted by molar-refractivity contribution is 0.0986. The number of benzene rings is 3. The van der Waals surface area contributed by atoms with E-state index in [1.54, 1.807) is 36.3 Å². The maximum absolute atomic E-state index is 13.8. The van der Waals surface area contributed by atoms with Crippen molar-refractivity contribution in [2.24, 2.45) is 0 Å². The number of fused-ring (bicyclic) bond motifs is 2. The highest BCUT2D eigenvalue weighted by atomic mass is 35.5. The molecule has 0 saturated heterocycles. The molecule has 11 heteroatoms. The van der Waals surface area contributed by atoms with Gasteiger partial charge in [-0.3, -0.25) is 9.69 Å². The number of rotatable bonds is 9. The molecule has 4 aromatic rings. The third kappa shape index (κ3) is 5.73. The molecule has 0 radical (unpaired) electrons. The molecule has 0 spiro atoms. The van der Waals surface area contributed by atoms with E-state index < -0.39 is 10.0 Å². The van der Waals surface area contributed by atoms with Gasteiger partial charge < -0.3 is 9.64 Å². The van der Waals surface area contributed by atoms with Gasteiger partial charge in [-0.25, -0.2) is 13.4 Å². The van der Waals surface area contributed by atoms with E-state index in [9.17, 15) is 13.2 Å². The van der Waals surface area contributed by atoms with E-state index in [-0.39, 0.29) is 10.8 Å². The lowest BCUT2D eigenvalue weighted by atomic mass is 10.0. The van der Waals surface area contributed by atoms with Gasteiger partial charge in [-0.15, -0.1) is 0 Å². The average molecular weight is 599 g/mol. The highest BCUT2D eigenvalue weighted by molar-refractivity contribution is 7.89. The van der Waals surface area contributed by atoms with Gasteiger partial charge in [0.2, 0.25) is 10.0 Å². The van der Waals surface area contributed by atoms with Crippen LogP contribution in [-0.2, 0) is 23.0 Å². The Hall–Kier alpha value is -3.02. The topological polar surface area (TPSA) is 83.0 Å². The number of thiazole rings is 1. The predicted octanol–water partition coefficient (Wildman–Crippen LogP) is 5.30. The number of hydrogen-bond donors (Lipinski definition) is 0. The van der Waals surface area contributed by atoms with Gasteiger partial charge >= 0.3 is 0 Å². The molecule has 0 fully saturated rings. The molecule has 5 rings (SSSR count). The van der Waals surface area contributed by atoms with Crippen molar-refractivity contribution >= 4 is 54.2 Å². The lowest BCUT2D eigenvalue weighted by Crippen LogP contribution is -2.36. The number of halogens is 1. The van der Waals surface area contributed by atoms with E-state index in [0.29, 0.717) is 53.0 Å². The molecule has 1 aliphatic heterocycles. The van der Waals surface area contributed by atoms with Crippen LogP contribution in [0.1, 0.15) is 27.9 Å². The SMILES string of the molecule is COc1ccc(Cl)c2sc(N(CCCN(C)C)C(=O)c3ccc(S(=O)(=O)N4CCc5ccccc5C4)cc3)nc12. The number of amides is 1. The molecule has 0 N–H and O–H groups in total. The first kappa shape index (κ1) is 28.5. The smallest absolute Gasteiger partial charge is 0.260 e. The van der Waals surface area contributed by atoms with Crippen LogP contribution in [0.5, 0.6) is 5.75 Å². The second-order valence-electron chi connectivity index (χ2n) is 9.92. The van der Waals surface area contributed by atoms with Crippen molar-refractivity contribution in [3.8, 4) is 5.75 Å². The van der Waals surface area contributed by atoms with Crippen LogP contribution in [-0.4, -0.2) is 69.4 Å². The Morgan fingerprint density at radius 3 is 2.48 bits per heavy atom. The molecule has 210 valence electrons. The lowest BCUT2D eigenvalue weighted by Gasteiger charge is -2.28. The Labute approximate surface area is 243 Å². The molecule has 2 heterocycles. The molecule has 8 nitrogen and oxygen atoms in total. The summed E-state index contributed by atoms with van der Waals surface area (Å²) < 4.78 is 34.5. The number of carbonyl (C=O) groups excluding carboxylic acids is 1. The minimum absolute atomic E-state index is 0.166. The summed E-state index contributed by atoms with van der Waals surface area (Å²) in [6.45, 7) is 1.98. The maximum atomic E-state index is 13.8. The minimum Gasteiger partial charge on any atom is -0.494 e. The fraction of sp³-hybridized carbons (Fsp3) is 0.310. The van der Waals surface area contributed by atoms with E-state index in [1.165, 1.54) is 33.3 Å². The van der Waals surface area contributed by atoms with E-state index >= 15 is 0 Å². The normalized spacial score (nSPS) is 13.9. The van der Waals surface area contributed by atoms with Crippen molar-refractivity contribution in [3.05, 3.63) is 82.4 Å². The molecule has 0 unspecified atom stereocenters. The van der Waals surface area contributed by atoms with Gasteiger partial charge in [0.1, 0.15) is 11.3 Å².